The standard InChI is InChI=1S/C30H56N/c1-4-7-8-9-10-11-12-13-14-15-16-17-18-19-20-24-28-31(5-2,6-3)29-27-30-25-22-21-23-26-30/h21-23,25-26H,4-20,24,27-29H2,1-3H3/q+1. The van der Waals surface area contributed by atoms with Crippen LogP contribution in [0.1, 0.15) is 129 Å². The van der Waals surface area contributed by atoms with Gasteiger partial charge in [-0.1, -0.05) is 127 Å². The van der Waals surface area contributed by atoms with Crippen molar-refractivity contribution >= 4 is 0 Å². The minimum atomic E-state index is 1.22. The fourth-order valence-corrected chi connectivity index (χ4v) is 4.97. The fraction of sp³-hybridized carbons (Fsp3) is 0.800. The van der Waals surface area contributed by atoms with Crippen LogP contribution in [0, 0.1) is 0 Å². The maximum absolute atomic E-state index is 2.39. The number of hydrogen-bond acceptors (Lipinski definition) is 0. The van der Waals surface area contributed by atoms with E-state index in [2.05, 4.69) is 51.1 Å². The molecule has 0 radical (unpaired) electrons. The van der Waals surface area contributed by atoms with Gasteiger partial charge in [0.2, 0.25) is 0 Å². The molecule has 0 fully saturated rings. The smallest absolute Gasteiger partial charge is 0.0827 e. The van der Waals surface area contributed by atoms with Gasteiger partial charge in [-0.05, 0) is 32.3 Å². The van der Waals surface area contributed by atoms with Crippen molar-refractivity contribution in [2.75, 3.05) is 26.2 Å². The minimum Gasteiger partial charge on any atom is -0.324 e. The van der Waals surface area contributed by atoms with E-state index in [9.17, 15) is 0 Å². The van der Waals surface area contributed by atoms with Gasteiger partial charge in [0.25, 0.3) is 0 Å². The SMILES string of the molecule is CCCCCCCCCCCCCCCCCC[N+](CC)(CC)CCc1ccccc1. The Bertz CT molecular complexity index is 476. The van der Waals surface area contributed by atoms with E-state index in [1.807, 2.05) is 0 Å². The second-order valence-corrected chi connectivity index (χ2v) is 9.96. The maximum Gasteiger partial charge on any atom is 0.0827 e. The first-order valence-corrected chi connectivity index (χ1v) is 14.2. The lowest BCUT2D eigenvalue weighted by Crippen LogP contribution is -2.49. The first kappa shape index (κ1) is 28.2. The van der Waals surface area contributed by atoms with Gasteiger partial charge in [-0.3, -0.25) is 0 Å². The number of rotatable bonds is 22. The third kappa shape index (κ3) is 14.8. The Labute approximate surface area is 196 Å². The van der Waals surface area contributed by atoms with Crippen molar-refractivity contribution in [2.24, 2.45) is 0 Å². The van der Waals surface area contributed by atoms with Gasteiger partial charge in [-0.2, -0.15) is 0 Å². The van der Waals surface area contributed by atoms with Crippen LogP contribution in [0.4, 0.5) is 0 Å². The van der Waals surface area contributed by atoms with Crippen molar-refractivity contribution in [3.05, 3.63) is 35.9 Å². The minimum absolute atomic E-state index is 1.22. The number of hydrogen-bond donors (Lipinski definition) is 0. The number of quaternary nitrogens is 1. The Morgan fingerprint density at radius 1 is 0.484 bits per heavy atom. The molecule has 0 aliphatic heterocycles. The molecule has 0 aliphatic rings. The molecule has 1 rings (SSSR count). The number of likely N-dealkylation sites (N-methyl/N-ethyl adjacent to an activating group) is 1. The average Bonchev–Trinajstić information content (AvgIpc) is 2.81. The maximum atomic E-state index is 2.39. The van der Waals surface area contributed by atoms with Crippen LogP contribution < -0.4 is 0 Å². The van der Waals surface area contributed by atoms with Crippen LogP contribution in [0.15, 0.2) is 30.3 Å². The van der Waals surface area contributed by atoms with Crippen LogP contribution in [-0.4, -0.2) is 30.7 Å². The van der Waals surface area contributed by atoms with Gasteiger partial charge in [-0.25, -0.2) is 0 Å². The molecule has 1 aromatic carbocycles. The van der Waals surface area contributed by atoms with Crippen LogP contribution in [0.25, 0.3) is 0 Å². The summed E-state index contributed by atoms with van der Waals surface area (Å²) < 4.78 is 1.30. The van der Waals surface area contributed by atoms with Crippen molar-refractivity contribution < 1.29 is 4.48 Å². The summed E-state index contributed by atoms with van der Waals surface area (Å²) >= 11 is 0. The van der Waals surface area contributed by atoms with Crippen molar-refractivity contribution in [3.8, 4) is 0 Å². The van der Waals surface area contributed by atoms with E-state index < -0.39 is 0 Å². The molecule has 0 saturated heterocycles. The van der Waals surface area contributed by atoms with Crippen molar-refractivity contribution in [3.63, 3.8) is 0 Å². The third-order valence-electron chi connectivity index (χ3n) is 7.55. The second kappa shape index (κ2) is 19.8. The zero-order valence-electron chi connectivity index (χ0n) is 21.7. The molecule has 1 heteroatoms. The normalized spacial score (nSPS) is 11.8. The molecule has 0 spiro atoms. The Balaban J connectivity index is 1.95. The van der Waals surface area contributed by atoms with Crippen LogP contribution in [0.3, 0.4) is 0 Å². The molecule has 0 N–H and O–H groups in total. The van der Waals surface area contributed by atoms with Crippen LogP contribution in [0.5, 0.6) is 0 Å². The van der Waals surface area contributed by atoms with E-state index in [4.69, 9.17) is 0 Å². The van der Waals surface area contributed by atoms with Crippen molar-refractivity contribution in [1.82, 2.24) is 0 Å². The van der Waals surface area contributed by atoms with Gasteiger partial charge >= 0.3 is 0 Å². The lowest BCUT2D eigenvalue weighted by Gasteiger charge is -2.37. The number of benzene rings is 1. The second-order valence-electron chi connectivity index (χ2n) is 9.96. The quantitative estimate of drug-likeness (QED) is 0.127. The summed E-state index contributed by atoms with van der Waals surface area (Å²) in [5, 5.41) is 0. The lowest BCUT2D eigenvalue weighted by molar-refractivity contribution is -0.925. The van der Waals surface area contributed by atoms with Crippen LogP contribution >= 0.6 is 0 Å². The van der Waals surface area contributed by atoms with Gasteiger partial charge in [0.1, 0.15) is 0 Å². The summed E-state index contributed by atoms with van der Waals surface area (Å²) in [5.74, 6) is 0. The summed E-state index contributed by atoms with van der Waals surface area (Å²) in [6.07, 6.45) is 24.5. The monoisotopic (exact) mass is 430 g/mol. The summed E-state index contributed by atoms with van der Waals surface area (Å²) in [4.78, 5) is 0. The molecule has 0 amide bonds. The first-order valence-electron chi connectivity index (χ1n) is 14.2. The number of nitrogens with zero attached hydrogens (tertiary/aromatic N) is 1. The summed E-state index contributed by atoms with van der Waals surface area (Å²) in [6, 6.07) is 11.1. The van der Waals surface area contributed by atoms with E-state index in [0.29, 0.717) is 0 Å². The lowest BCUT2D eigenvalue weighted by atomic mass is 10.0. The fourth-order valence-electron chi connectivity index (χ4n) is 4.97. The van der Waals surface area contributed by atoms with Gasteiger partial charge in [0.05, 0.1) is 26.2 Å². The molecule has 0 aliphatic carbocycles. The number of unbranched alkanes of at least 4 members (excludes halogenated alkanes) is 15. The molecule has 0 heterocycles. The van der Waals surface area contributed by atoms with Gasteiger partial charge in [0.15, 0.2) is 0 Å². The molecule has 0 bridgehead atoms. The molecule has 0 unspecified atom stereocenters. The molecule has 0 saturated carbocycles. The molecule has 0 aromatic heterocycles. The average molecular weight is 431 g/mol. The van der Waals surface area contributed by atoms with E-state index >= 15 is 0 Å². The predicted molar refractivity (Wildman–Crippen MR) is 141 cm³/mol. The largest absolute Gasteiger partial charge is 0.324 e. The molecule has 31 heavy (non-hydrogen) atoms. The highest BCUT2D eigenvalue weighted by atomic mass is 15.3. The molecular formula is C30H56N+. The van der Waals surface area contributed by atoms with E-state index in [1.54, 1.807) is 0 Å². The Morgan fingerprint density at radius 3 is 1.32 bits per heavy atom. The Morgan fingerprint density at radius 2 is 0.903 bits per heavy atom. The van der Waals surface area contributed by atoms with Crippen LogP contribution in [-0.2, 0) is 6.42 Å². The highest BCUT2D eigenvalue weighted by molar-refractivity contribution is 5.14. The molecule has 180 valence electrons. The topological polar surface area (TPSA) is 0 Å². The van der Waals surface area contributed by atoms with E-state index in [0.717, 1.165) is 0 Å². The summed E-state index contributed by atoms with van der Waals surface area (Å²) in [5.41, 5.74) is 1.50. The van der Waals surface area contributed by atoms with Gasteiger partial charge in [0, 0.05) is 6.42 Å². The zero-order valence-corrected chi connectivity index (χ0v) is 21.7. The Kier molecular flexibility index (Phi) is 18.1. The molecular weight excluding hydrogens is 374 g/mol. The van der Waals surface area contributed by atoms with E-state index in [-0.39, 0.29) is 0 Å². The third-order valence-corrected chi connectivity index (χ3v) is 7.55. The predicted octanol–water partition coefficient (Wildman–Crippen LogP) is 9.35. The highest BCUT2D eigenvalue weighted by Gasteiger charge is 2.22. The first-order chi connectivity index (χ1) is 15.3. The van der Waals surface area contributed by atoms with Crippen LogP contribution in [0.2, 0.25) is 0 Å². The van der Waals surface area contributed by atoms with Crippen molar-refractivity contribution in [1.29, 1.82) is 0 Å². The van der Waals surface area contributed by atoms with Gasteiger partial charge in [-0.15, -0.1) is 0 Å². The van der Waals surface area contributed by atoms with Crippen molar-refractivity contribution in [2.45, 2.75) is 130 Å². The summed E-state index contributed by atoms with van der Waals surface area (Å²) in [7, 11) is 0. The summed E-state index contributed by atoms with van der Waals surface area (Å²) in [6.45, 7) is 12.3. The van der Waals surface area contributed by atoms with E-state index in [1.165, 1.54) is 145 Å². The Hall–Kier alpha value is -0.820. The zero-order chi connectivity index (χ0) is 22.5. The van der Waals surface area contributed by atoms with Gasteiger partial charge < -0.3 is 4.48 Å². The molecule has 1 aromatic rings. The molecule has 0 atom stereocenters. The molecule has 1 nitrogen and oxygen atoms in total. The highest BCUT2D eigenvalue weighted by Crippen LogP contribution is 2.16.